The van der Waals surface area contributed by atoms with Gasteiger partial charge in [0.05, 0.1) is 28.9 Å². The number of pyridine rings is 3. The van der Waals surface area contributed by atoms with Gasteiger partial charge in [-0.3, -0.25) is 9.80 Å². The van der Waals surface area contributed by atoms with Crippen LogP contribution >= 0.6 is 0 Å². The van der Waals surface area contributed by atoms with E-state index in [-0.39, 0.29) is 30.2 Å². The molecule has 15 rings (SSSR count). The van der Waals surface area contributed by atoms with E-state index in [1.54, 1.807) is 0 Å². The summed E-state index contributed by atoms with van der Waals surface area (Å²) in [7, 11) is 0. The Morgan fingerprint density at radius 1 is 0.347 bits per heavy atom. The number of para-hydroxylation sites is 3. The predicted molar refractivity (Wildman–Crippen MR) is 282 cm³/mol. The molecule has 0 radical (unpaired) electrons. The second kappa shape index (κ2) is 15.9. The highest BCUT2D eigenvalue weighted by Crippen LogP contribution is 2.57. The Hall–Kier alpha value is -9.21. The molecule has 10 aromatic rings. The number of benzene rings is 7. The third-order valence-electron chi connectivity index (χ3n) is 15.2. The van der Waals surface area contributed by atoms with E-state index in [1.165, 1.54) is 22.3 Å². The van der Waals surface area contributed by atoms with Crippen LogP contribution < -0.4 is 29.2 Å². The topological polar surface area (TPSA) is 76.1 Å². The molecule has 7 aromatic carbocycles. The Labute approximate surface area is 416 Å². The van der Waals surface area contributed by atoms with Crippen molar-refractivity contribution in [2.75, 3.05) is 14.9 Å². The number of hydrogen-bond acceptors (Lipinski definition) is 9. The number of fused-ring (bicyclic) bond motifs is 12. The average molecular weight is 933 g/mol. The maximum absolute atomic E-state index is 6.83. The van der Waals surface area contributed by atoms with E-state index in [2.05, 4.69) is 150 Å². The Balaban J connectivity index is 0.920. The first kappa shape index (κ1) is 40.7. The van der Waals surface area contributed by atoms with Gasteiger partial charge < -0.3 is 14.3 Å². The maximum Gasteiger partial charge on any atom is 0.188 e. The molecule has 0 fully saturated rings. The summed E-state index contributed by atoms with van der Waals surface area (Å²) < 4.78 is 13.6. The Morgan fingerprint density at radius 2 is 0.764 bits per heavy atom. The Morgan fingerprint density at radius 3 is 1.25 bits per heavy atom. The van der Waals surface area contributed by atoms with E-state index in [0.717, 1.165) is 90.5 Å². The van der Waals surface area contributed by atoms with Crippen molar-refractivity contribution in [1.29, 1.82) is 0 Å². The van der Waals surface area contributed by atoms with E-state index >= 15 is 0 Å². The minimum absolute atomic E-state index is 0.0374. The zero-order valence-electron chi connectivity index (χ0n) is 39.1. The van der Waals surface area contributed by atoms with E-state index in [1.807, 2.05) is 90.4 Å². The highest BCUT2D eigenvalue weighted by Gasteiger charge is 2.49. The fourth-order valence-electron chi connectivity index (χ4n) is 11.9. The highest BCUT2D eigenvalue weighted by molar-refractivity contribution is 5.88. The molecule has 0 amide bonds. The predicted octanol–water partition coefficient (Wildman–Crippen LogP) is 14.5. The third kappa shape index (κ3) is 6.23. The molecule has 5 atom stereocenters. The maximum atomic E-state index is 6.83. The lowest BCUT2D eigenvalue weighted by molar-refractivity contribution is 0.233. The molecule has 5 aliphatic heterocycles. The summed E-state index contributed by atoms with van der Waals surface area (Å²) in [6.45, 7) is 2.25. The number of aromatic nitrogens is 3. The number of hydrogen-bond donors (Lipinski definition) is 0. The van der Waals surface area contributed by atoms with Crippen molar-refractivity contribution in [1.82, 2.24) is 15.0 Å². The Bertz CT molecular complexity index is 3610. The van der Waals surface area contributed by atoms with Gasteiger partial charge in [-0.25, -0.2) is 15.0 Å². The first-order chi connectivity index (χ1) is 35.6. The van der Waals surface area contributed by atoms with Crippen LogP contribution in [-0.2, 0) is 0 Å². The fourth-order valence-corrected chi connectivity index (χ4v) is 11.9. The van der Waals surface area contributed by atoms with Gasteiger partial charge in [-0.05, 0) is 141 Å². The smallest absolute Gasteiger partial charge is 0.188 e. The van der Waals surface area contributed by atoms with Crippen molar-refractivity contribution in [3.63, 3.8) is 0 Å². The van der Waals surface area contributed by atoms with E-state index < -0.39 is 0 Å². The monoisotopic (exact) mass is 932 g/mol. The molecule has 8 heterocycles. The highest BCUT2D eigenvalue weighted by atomic mass is 16.7. The molecule has 0 saturated carbocycles. The standard InChI is InChI=1S/C63H44N6O3/c1-38-45-26-23-41(37-53(45)69(59-22-10-13-31-66-59)72-56-19-7-2-14-46(38)56)44-33-42(39-24-27-47-51(35-39)67(57-20-8-11-29-64-57)62-60(47)49-15-3-5-17-54(49)70-62)32-43(34-44)40-25-28-48-52(36-40)68(58-21-9-12-30-65-58)63-61(48)50-16-4-6-18-55(50)71-63/h2-38,60-63H,1H3. The van der Waals surface area contributed by atoms with Gasteiger partial charge in [0.25, 0.3) is 0 Å². The zero-order chi connectivity index (χ0) is 47.4. The summed E-state index contributed by atoms with van der Waals surface area (Å²) in [6, 6.07) is 70.7. The van der Waals surface area contributed by atoms with Gasteiger partial charge in [-0.1, -0.05) is 116 Å². The number of rotatable bonds is 6. The molecule has 5 unspecified atom stereocenters. The van der Waals surface area contributed by atoms with E-state index in [4.69, 9.17) is 29.3 Å². The van der Waals surface area contributed by atoms with Crippen molar-refractivity contribution < 1.29 is 14.3 Å². The normalized spacial score (nSPS) is 19.3. The minimum Gasteiger partial charge on any atom is -0.469 e. The van der Waals surface area contributed by atoms with E-state index in [0.29, 0.717) is 5.82 Å². The van der Waals surface area contributed by atoms with Crippen LogP contribution in [0.3, 0.4) is 0 Å². The van der Waals surface area contributed by atoms with Gasteiger partial charge in [-0.2, -0.15) is 5.06 Å². The summed E-state index contributed by atoms with van der Waals surface area (Å²) in [5.74, 6) is 5.18. The van der Waals surface area contributed by atoms with Crippen LogP contribution in [0.15, 0.2) is 219 Å². The van der Waals surface area contributed by atoms with Crippen LogP contribution in [0, 0.1) is 0 Å². The van der Waals surface area contributed by atoms with Gasteiger partial charge >= 0.3 is 0 Å². The molecule has 0 bridgehead atoms. The van der Waals surface area contributed by atoms with Crippen molar-refractivity contribution in [2.45, 2.75) is 37.1 Å². The molecule has 3 aromatic heterocycles. The summed E-state index contributed by atoms with van der Waals surface area (Å²) in [4.78, 5) is 25.9. The zero-order valence-corrected chi connectivity index (χ0v) is 39.1. The quantitative estimate of drug-likeness (QED) is 0.162. The Kier molecular flexibility index (Phi) is 8.99. The molecule has 0 spiro atoms. The molecule has 0 N–H and O–H groups in total. The second-order valence-electron chi connectivity index (χ2n) is 19.1. The number of anilines is 6. The summed E-state index contributed by atoms with van der Waals surface area (Å²) in [6.07, 6.45) is 5.00. The van der Waals surface area contributed by atoms with Crippen LogP contribution in [0.2, 0.25) is 0 Å². The summed E-state index contributed by atoms with van der Waals surface area (Å²) in [5, 5.41) is 1.89. The molecule has 344 valence electrons. The van der Waals surface area contributed by atoms with Gasteiger partial charge in [-0.15, -0.1) is 0 Å². The molecule has 5 aliphatic rings. The lowest BCUT2D eigenvalue weighted by Gasteiger charge is -2.26. The van der Waals surface area contributed by atoms with Crippen LogP contribution in [-0.4, -0.2) is 27.4 Å². The lowest BCUT2D eigenvalue weighted by atomic mass is 9.87. The molecular formula is C63H44N6O3. The van der Waals surface area contributed by atoms with Crippen LogP contribution in [0.25, 0.3) is 33.4 Å². The molecule has 9 heteroatoms. The number of nitrogens with zero attached hydrogens (tertiary/aromatic N) is 6. The van der Waals surface area contributed by atoms with Gasteiger partial charge in [0.2, 0.25) is 0 Å². The first-order valence-corrected chi connectivity index (χ1v) is 24.6. The second-order valence-corrected chi connectivity index (χ2v) is 19.1. The van der Waals surface area contributed by atoms with Crippen molar-refractivity contribution in [2.24, 2.45) is 0 Å². The van der Waals surface area contributed by atoms with Gasteiger partial charge in [0.1, 0.15) is 23.1 Å². The summed E-state index contributed by atoms with van der Waals surface area (Å²) in [5.41, 5.74) is 16.6. The van der Waals surface area contributed by atoms with Crippen LogP contribution in [0.4, 0.5) is 34.5 Å². The molecule has 0 saturated heterocycles. The molecular weight excluding hydrogens is 889 g/mol. The van der Waals surface area contributed by atoms with Crippen LogP contribution in [0.1, 0.15) is 58.1 Å². The van der Waals surface area contributed by atoms with Crippen molar-refractivity contribution in [3.05, 3.63) is 252 Å². The minimum atomic E-state index is -0.259. The SMILES string of the molecule is CC1c2ccccc2ON(c2ccccn2)c2cc(-c3cc(-c4ccc5c(c4)N(c4ccccn4)C4Oc6ccccc6C54)cc(-c4ccc5c(c4)N(c4ccccn4)C4Oc6ccccc6C54)c3)ccc21. The molecule has 0 aliphatic carbocycles. The van der Waals surface area contributed by atoms with Crippen LogP contribution in [0.5, 0.6) is 17.2 Å². The van der Waals surface area contributed by atoms with Gasteiger partial charge in [0, 0.05) is 41.2 Å². The first-order valence-electron chi connectivity index (χ1n) is 24.6. The van der Waals surface area contributed by atoms with Gasteiger partial charge in [0.15, 0.2) is 24.0 Å². The molecule has 72 heavy (non-hydrogen) atoms. The fraction of sp³-hybridized carbons (Fsp3) is 0.0952. The van der Waals surface area contributed by atoms with E-state index in [9.17, 15) is 0 Å². The number of ether oxygens (including phenoxy) is 2. The average Bonchev–Trinajstić information content (AvgIpc) is 4.17. The molecule has 9 nitrogen and oxygen atoms in total. The third-order valence-corrected chi connectivity index (χ3v) is 15.2. The largest absolute Gasteiger partial charge is 0.469 e. The summed E-state index contributed by atoms with van der Waals surface area (Å²) >= 11 is 0. The van der Waals surface area contributed by atoms with Crippen molar-refractivity contribution in [3.8, 4) is 50.6 Å². The lowest BCUT2D eigenvalue weighted by Crippen LogP contribution is -2.32. The van der Waals surface area contributed by atoms with Crippen molar-refractivity contribution >= 4 is 34.5 Å².